The first-order chi connectivity index (χ1) is 13.5. The van der Waals surface area contributed by atoms with Gasteiger partial charge in [-0.2, -0.15) is 0 Å². The molecule has 3 N–H and O–H groups in total. The van der Waals surface area contributed by atoms with E-state index >= 15 is 0 Å². The molecule has 3 rings (SSSR count). The van der Waals surface area contributed by atoms with E-state index in [4.69, 9.17) is 0 Å². The van der Waals surface area contributed by atoms with Crippen molar-refractivity contribution in [2.45, 2.75) is 31.3 Å². The van der Waals surface area contributed by atoms with Gasteiger partial charge in [-0.3, -0.25) is 19.7 Å². The summed E-state index contributed by atoms with van der Waals surface area (Å²) in [5.74, 6) is -1.23. The smallest absolute Gasteiger partial charge is 0.270 e. The molecule has 8 heteroatoms. The maximum Gasteiger partial charge on any atom is 0.270 e. The molecular formula is C20H21N3O5. The van der Waals surface area contributed by atoms with Crippen LogP contribution >= 0.6 is 0 Å². The number of non-ortho nitro benzene ring substituents is 1. The van der Waals surface area contributed by atoms with Gasteiger partial charge in [0.25, 0.3) is 5.69 Å². The Balaban J connectivity index is 1.88. The first-order valence-corrected chi connectivity index (χ1v) is 9.05. The number of hydrogen-bond donors (Lipinski definition) is 3. The molecule has 28 heavy (non-hydrogen) atoms. The monoisotopic (exact) mass is 383 g/mol. The topological polar surface area (TPSA) is 122 Å². The zero-order valence-electron chi connectivity index (χ0n) is 15.1. The van der Waals surface area contributed by atoms with Gasteiger partial charge >= 0.3 is 0 Å². The molecule has 0 aliphatic carbocycles. The number of amides is 1. The predicted molar refractivity (Wildman–Crippen MR) is 102 cm³/mol. The fourth-order valence-electron chi connectivity index (χ4n) is 3.26. The fourth-order valence-corrected chi connectivity index (χ4v) is 3.26. The minimum Gasteiger partial charge on any atom is -0.507 e. The lowest BCUT2D eigenvalue weighted by Gasteiger charge is -2.20. The van der Waals surface area contributed by atoms with E-state index < -0.39 is 16.7 Å². The largest absolute Gasteiger partial charge is 0.507 e. The summed E-state index contributed by atoms with van der Waals surface area (Å²) in [5, 5.41) is 26.9. The Morgan fingerprint density at radius 2 is 2.00 bits per heavy atom. The molecule has 0 bridgehead atoms. The average molecular weight is 383 g/mol. The molecule has 2 aromatic rings. The number of aromatic hydroxyl groups is 1. The van der Waals surface area contributed by atoms with Crippen LogP contribution in [0.2, 0.25) is 0 Å². The molecule has 0 spiro atoms. The average Bonchev–Trinajstić information content (AvgIpc) is 3.23. The van der Waals surface area contributed by atoms with Gasteiger partial charge in [0.1, 0.15) is 5.75 Å². The van der Waals surface area contributed by atoms with Crippen LogP contribution in [-0.2, 0) is 11.2 Å². The van der Waals surface area contributed by atoms with Gasteiger partial charge in [0.15, 0.2) is 5.78 Å². The number of ketones is 1. The van der Waals surface area contributed by atoms with Crippen LogP contribution in [0.4, 0.5) is 5.69 Å². The number of nitro benzene ring substituents is 1. The molecule has 8 nitrogen and oxygen atoms in total. The van der Waals surface area contributed by atoms with E-state index in [1.54, 1.807) is 0 Å². The van der Waals surface area contributed by atoms with Crippen molar-refractivity contribution in [1.29, 1.82) is 0 Å². The number of phenols is 1. The molecule has 2 atom stereocenters. The van der Waals surface area contributed by atoms with Gasteiger partial charge in [-0.25, -0.2) is 0 Å². The van der Waals surface area contributed by atoms with Crippen molar-refractivity contribution < 1.29 is 19.6 Å². The fraction of sp³-hybridized carbons (Fsp3) is 0.300. The Kier molecular flexibility index (Phi) is 6.00. The van der Waals surface area contributed by atoms with Gasteiger partial charge in [-0.05, 0) is 31.0 Å². The summed E-state index contributed by atoms with van der Waals surface area (Å²) in [6, 6.07) is 11.1. The highest BCUT2D eigenvalue weighted by molar-refractivity contribution is 6.04. The third kappa shape index (κ3) is 4.52. The van der Waals surface area contributed by atoms with Gasteiger partial charge in [0.2, 0.25) is 5.91 Å². The van der Waals surface area contributed by atoms with Gasteiger partial charge in [-0.1, -0.05) is 30.3 Å². The number of carbonyl (C=O) groups is 2. The molecule has 1 aliphatic rings. The quantitative estimate of drug-likeness (QED) is 0.382. The number of nitrogens with zero attached hydrogens (tertiary/aromatic N) is 1. The SMILES string of the molecule is O=C(N[C@@H](Cc1ccccc1)C(=O)c1cc([N+](=O)[O-])ccc1O)[C@@H]1CCCN1. The molecule has 1 amide bonds. The number of nitro groups is 1. The highest BCUT2D eigenvalue weighted by Crippen LogP contribution is 2.25. The lowest BCUT2D eigenvalue weighted by atomic mass is 9.96. The third-order valence-electron chi connectivity index (χ3n) is 4.75. The molecule has 146 valence electrons. The summed E-state index contributed by atoms with van der Waals surface area (Å²) in [7, 11) is 0. The zero-order valence-corrected chi connectivity index (χ0v) is 15.1. The van der Waals surface area contributed by atoms with E-state index in [0.717, 1.165) is 36.7 Å². The van der Waals surface area contributed by atoms with E-state index in [1.165, 1.54) is 0 Å². The van der Waals surface area contributed by atoms with Crippen molar-refractivity contribution in [2.24, 2.45) is 0 Å². The second kappa shape index (κ2) is 8.62. The molecule has 0 saturated carbocycles. The van der Waals surface area contributed by atoms with Crippen LogP contribution in [0.1, 0.15) is 28.8 Å². The predicted octanol–water partition coefficient (Wildman–Crippen LogP) is 1.96. The maximum absolute atomic E-state index is 13.1. The molecule has 1 fully saturated rings. The first kappa shape index (κ1) is 19.5. The number of rotatable bonds is 7. The Morgan fingerprint density at radius 1 is 1.25 bits per heavy atom. The molecule has 1 heterocycles. The maximum atomic E-state index is 13.1. The second-order valence-corrected chi connectivity index (χ2v) is 6.72. The van der Waals surface area contributed by atoms with Gasteiger partial charge < -0.3 is 15.7 Å². The molecule has 0 unspecified atom stereocenters. The number of benzene rings is 2. The minimum absolute atomic E-state index is 0.185. The Bertz CT molecular complexity index is 879. The van der Waals surface area contributed by atoms with E-state index in [9.17, 15) is 24.8 Å². The lowest BCUT2D eigenvalue weighted by molar-refractivity contribution is -0.384. The normalized spacial score (nSPS) is 17.1. The van der Waals surface area contributed by atoms with Crippen molar-refractivity contribution in [2.75, 3.05) is 6.54 Å². The first-order valence-electron chi connectivity index (χ1n) is 9.05. The van der Waals surface area contributed by atoms with Crippen molar-refractivity contribution in [3.05, 3.63) is 69.8 Å². The minimum atomic E-state index is -0.954. The Labute approximate surface area is 161 Å². The summed E-state index contributed by atoms with van der Waals surface area (Å²) < 4.78 is 0. The van der Waals surface area contributed by atoms with Crippen LogP contribution in [0.5, 0.6) is 5.75 Å². The number of nitrogens with one attached hydrogen (secondary N) is 2. The Hall–Kier alpha value is -3.26. The van der Waals surface area contributed by atoms with Crippen LogP contribution in [0.25, 0.3) is 0 Å². The van der Waals surface area contributed by atoms with Gasteiger partial charge in [-0.15, -0.1) is 0 Å². The van der Waals surface area contributed by atoms with Crippen LogP contribution in [0, 0.1) is 10.1 Å². The number of carbonyl (C=O) groups excluding carboxylic acids is 2. The molecule has 0 radical (unpaired) electrons. The standard InChI is InChI=1S/C20H21N3O5/c24-18-9-8-14(23(27)28)12-15(18)19(25)17(11-13-5-2-1-3-6-13)22-20(26)16-7-4-10-21-16/h1-3,5-6,8-9,12,16-17,21,24H,4,7,10-11H2,(H,22,26)/t16-,17-/m0/s1. The van der Waals surface area contributed by atoms with Gasteiger partial charge in [0, 0.05) is 18.6 Å². The van der Waals surface area contributed by atoms with Crippen molar-refractivity contribution in [3.63, 3.8) is 0 Å². The number of phenolic OH excluding ortho intramolecular Hbond substituents is 1. The number of Topliss-reactive ketones (excluding diaryl/α,β-unsaturated/α-hetero) is 1. The highest BCUT2D eigenvalue weighted by atomic mass is 16.6. The molecule has 1 aliphatic heterocycles. The van der Waals surface area contributed by atoms with Crippen LogP contribution in [-0.4, -0.2) is 40.3 Å². The number of hydrogen-bond acceptors (Lipinski definition) is 6. The van der Waals surface area contributed by atoms with E-state index in [-0.39, 0.29) is 35.4 Å². The molecular weight excluding hydrogens is 362 g/mol. The Morgan fingerprint density at radius 3 is 2.64 bits per heavy atom. The molecule has 1 saturated heterocycles. The summed E-state index contributed by atoms with van der Waals surface area (Å²) in [6.45, 7) is 0.737. The van der Waals surface area contributed by atoms with E-state index in [0.29, 0.717) is 6.42 Å². The van der Waals surface area contributed by atoms with E-state index in [1.807, 2.05) is 30.3 Å². The lowest BCUT2D eigenvalue weighted by Crippen LogP contribution is -2.49. The van der Waals surface area contributed by atoms with Crippen molar-refractivity contribution in [3.8, 4) is 5.75 Å². The summed E-state index contributed by atoms with van der Waals surface area (Å²) in [5.41, 5.74) is 0.337. The zero-order chi connectivity index (χ0) is 20.1. The van der Waals surface area contributed by atoms with E-state index in [2.05, 4.69) is 10.6 Å². The highest BCUT2D eigenvalue weighted by Gasteiger charge is 2.30. The van der Waals surface area contributed by atoms with Gasteiger partial charge in [0.05, 0.1) is 22.6 Å². The summed E-state index contributed by atoms with van der Waals surface area (Å²) >= 11 is 0. The second-order valence-electron chi connectivity index (χ2n) is 6.72. The molecule has 0 aromatic heterocycles. The molecule has 2 aromatic carbocycles. The third-order valence-corrected chi connectivity index (χ3v) is 4.75. The van der Waals surface area contributed by atoms with Crippen molar-refractivity contribution in [1.82, 2.24) is 10.6 Å². The van der Waals surface area contributed by atoms with Crippen LogP contribution in [0.3, 0.4) is 0 Å². The summed E-state index contributed by atoms with van der Waals surface area (Å²) in [4.78, 5) is 36.0. The van der Waals surface area contributed by atoms with Crippen molar-refractivity contribution >= 4 is 17.4 Å². The summed E-state index contributed by atoms with van der Waals surface area (Å²) in [6.07, 6.45) is 1.77. The van der Waals surface area contributed by atoms with Crippen LogP contribution < -0.4 is 10.6 Å². The van der Waals surface area contributed by atoms with Crippen LogP contribution in [0.15, 0.2) is 48.5 Å².